The Balaban J connectivity index is 4.75. The molecule has 0 saturated heterocycles. The van der Waals surface area contributed by atoms with Crippen molar-refractivity contribution in [1.29, 1.82) is 0 Å². The molecule has 0 aliphatic rings. The fourth-order valence-corrected chi connectivity index (χ4v) is 8.77. The summed E-state index contributed by atoms with van der Waals surface area (Å²) in [5.41, 5.74) is 0. The summed E-state index contributed by atoms with van der Waals surface area (Å²) in [6.07, 6.45) is 62.8. The number of phosphoric ester groups is 1. The molecule has 11 nitrogen and oxygen atoms in total. The predicted molar refractivity (Wildman–Crippen MR) is 307 cm³/mol. The maximum atomic E-state index is 12.9. The average molecular weight is 1060 g/mol. The largest absolute Gasteiger partial charge is 0.472 e. The van der Waals surface area contributed by atoms with Gasteiger partial charge in [0.15, 0.2) is 6.10 Å². The van der Waals surface area contributed by atoms with Crippen LogP contribution in [0.25, 0.3) is 0 Å². The predicted octanol–water partition coefficient (Wildman–Crippen LogP) is 17.7. The molecule has 2 N–H and O–H groups in total. The summed E-state index contributed by atoms with van der Waals surface area (Å²) < 4.78 is 39.5. The molecule has 0 heterocycles. The third-order valence-corrected chi connectivity index (χ3v) is 13.5. The van der Waals surface area contributed by atoms with Gasteiger partial charge in [-0.05, 0) is 109 Å². The third-order valence-electron chi connectivity index (χ3n) is 12.6. The fourth-order valence-electron chi connectivity index (χ4n) is 7.98. The molecule has 0 aromatic carbocycles. The molecular formula is C62H109O11P. The minimum Gasteiger partial charge on any atom is -0.462 e. The van der Waals surface area contributed by atoms with Crippen molar-refractivity contribution in [1.82, 2.24) is 0 Å². The summed E-state index contributed by atoms with van der Waals surface area (Å²) in [6, 6.07) is 0. The molecule has 0 fully saturated rings. The van der Waals surface area contributed by atoms with Crippen LogP contribution in [0.1, 0.15) is 265 Å². The van der Waals surface area contributed by atoms with Gasteiger partial charge in [-0.25, -0.2) is 4.57 Å². The first-order valence-corrected chi connectivity index (χ1v) is 31.3. The number of carbonyl (C=O) groups is 3. The van der Waals surface area contributed by atoms with Gasteiger partial charge in [-0.1, -0.05) is 209 Å². The van der Waals surface area contributed by atoms with Crippen molar-refractivity contribution in [3.05, 3.63) is 72.9 Å². The Morgan fingerprint density at radius 2 is 0.689 bits per heavy atom. The Bertz CT molecular complexity index is 1520. The monoisotopic (exact) mass is 1060 g/mol. The van der Waals surface area contributed by atoms with E-state index < -0.39 is 57.8 Å². The standard InChI is InChI=1S/C62H109O11P/c1-4-7-10-13-16-19-22-25-27-28-29-30-32-34-36-39-42-45-48-51-60(64)69-55-59(73-62(66)53-50-47-44-41-38-35-31-26-23-20-17-14-11-8-5-2)57-71-74(67,68)70-56-58(54-63)72-61(65)52-49-46-43-40-37-33-24-21-18-15-12-9-6-3/h12,15-16,19,21,24-27,29-31,58-59,63H,4-11,13-14,17-18,20,22-23,28,32-57H2,1-3H3,(H,67,68)/b15-12-,19-16-,24-21-,27-25-,30-29-,31-26-. The Hall–Kier alpha value is -3.08. The number of aliphatic hydroxyl groups is 1. The van der Waals surface area contributed by atoms with Crippen LogP contribution in [0.2, 0.25) is 0 Å². The minimum absolute atomic E-state index is 0.152. The Morgan fingerprint density at radius 1 is 0.378 bits per heavy atom. The van der Waals surface area contributed by atoms with E-state index in [1.54, 1.807) is 0 Å². The highest BCUT2D eigenvalue weighted by molar-refractivity contribution is 7.47. The molecule has 0 saturated carbocycles. The average Bonchev–Trinajstić information content (AvgIpc) is 3.39. The molecule has 0 aliphatic carbocycles. The van der Waals surface area contributed by atoms with Gasteiger partial charge in [0.25, 0.3) is 0 Å². The number of hydrogen-bond acceptors (Lipinski definition) is 10. The number of esters is 3. The summed E-state index contributed by atoms with van der Waals surface area (Å²) >= 11 is 0. The molecule has 0 radical (unpaired) electrons. The highest BCUT2D eigenvalue weighted by Gasteiger charge is 2.28. The number of allylic oxidation sites excluding steroid dienone is 12. The van der Waals surface area contributed by atoms with Gasteiger partial charge in [0.2, 0.25) is 0 Å². The van der Waals surface area contributed by atoms with E-state index in [9.17, 15) is 28.9 Å². The zero-order valence-electron chi connectivity index (χ0n) is 47.3. The smallest absolute Gasteiger partial charge is 0.462 e. The lowest BCUT2D eigenvalue weighted by Crippen LogP contribution is -2.30. The SMILES string of the molecule is CCC/C=C\C/C=C\CCCCCCCC(=O)OC(CO)COP(=O)(O)OCC(COC(=O)CCCCCCCC/C=C\C/C=C\C/C=C\CCCCC)OC(=O)CCCCCCC/C=C\CCCCCCCC. The molecule has 0 amide bonds. The van der Waals surface area contributed by atoms with Crippen molar-refractivity contribution in [2.75, 3.05) is 26.4 Å². The van der Waals surface area contributed by atoms with Crippen LogP contribution >= 0.6 is 7.82 Å². The Kier molecular flexibility index (Phi) is 53.8. The van der Waals surface area contributed by atoms with Gasteiger partial charge in [0, 0.05) is 19.3 Å². The number of aliphatic hydroxyl groups excluding tert-OH is 1. The highest BCUT2D eigenvalue weighted by atomic mass is 31.2. The summed E-state index contributed by atoms with van der Waals surface area (Å²) in [4.78, 5) is 48.6. The minimum atomic E-state index is -4.76. The Morgan fingerprint density at radius 3 is 1.11 bits per heavy atom. The second-order valence-electron chi connectivity index (χ2n) is 19.8. The number of ether oxygens (including phenoxy) is 3. The van der Waals surface area contributed by atoms with Crippen LogP contribution in [-0.2, 0) is 42.2 Å². The van der Waals surface area contributed by atoms with Crippen LogP contribution in [0.15, 0.2) is 72.9 Å². The zero-order chi connectivity index (χ0) is 54.1. The molecular weight excluding hydrogens is 952 g/mol. The normalized spacial score (nSPS) is 13.9. The molecule has 0 bridgehead atoms. The molecule has 0 aromatic heterocycles. The van der Waals surface area contributed by atoms with Crippen molar-refractivity contribution >= 4 is 25.7 Å². The number of carbonyl (C=O) groups excluding carboxylic acids is 3. The van der Waals surface area contributed by atoms with Crippen molar-refractivity contribution in [2.45, 2.75) is 277 Å². The summed E-state index contributed by atoms with van der Waals surface area (Å²) in [7, 11) is -4.76. The molecule has 428 valence electrons. The van der Waals surface area contributed by atoms with Crippen LogP contribution in [0.5, 0.6) is 0 Å². The van der Waals surface area contributed by atoms with Crippen LogP contribution in [0.3, 0.4) is 0 Å². The third kappa shape index (κ3) is 53.7. The van der Waals surface area contributed by atoms with Crippen LogP contribution in [0, 0.1) is 0 Å². The number of rotatable bonds is 55. The van der Waals surface area contributed by atoms with E-state index in [1.165, 1.54) is 70.6 Å². The second kappa shape index (κ2) is 56.1. The number of phosphoric acid groups is 1. The fraction of sp³-hybridized carbons (Fsp3) is 0.758. The first-order chi connectivity index (χ1) is 36.2. The van der Waals surface area contributed by atoms with Gasteiger partial charge >= 0.3 is 25.7 Å². The Labute approximate surface area is 452 Å². The zero-order valence-corrected chi connectivity index (χ0v) is 48.2. The van der Waals surface area contributed by atoms with Crippen molar-refractivity contribution in [2.24, 2.45) is 0 Å². The van der Waals surface area contributed by atoms with Crippen molar-refractivity contribution in [3.8, 4) is 0 Å². The van der Waals surface area contributed by atoms with Gasteiger partial charge in [-0.3, -0.25) is 23.4 Å². The van der Waals surface area contributed by atoms with Gasteiger partial charge < -0.3 is 24.2 Å². The van der Waals surface area contributed by atoms with Gasteiger partial charge in [-0.15, -0.1) is 0 Å². The lowest BCUT2D eigenvalue weighted by molar-refractivity contribution is -0.161. The van der Waals surface area contributed by atoms with E-state index in [0.717, 1.165) is 135 Å². The maximum absolute atomic E-state index is 12.9. The summed E-state index contributed by atoms with van der Waals surface area (Å²) in [5, 5.41) is 9.81. The van der Waals surface area contributed by atoms with Gasteiger partial charge in [-0.2, -0.15) is 0 Å². The van der Waals surface area contributed by atoms with E-state index >= 15 is 0 Å². The topological polar surface area (TPSA) is 155 Å². The van der Waals surface area contributed by atoms with E-state index in [4.69, 9.17) is 23.3 Å². The van der Waals surface area contributed by atoms with E-state index in [0.29, 0.717) is 19.3 Å². The van der Waals surface area contributed by atoms with Crippen molar-refractivity contribution in [3.63, 3.8) is 0 Å². The summed E-state index contributed by atoms with van der Waals surface area (Å²) in [5.74, 6) is -1.50. The lowest BCUT2D eigenvalue weighted by atomic mass is 10.1. The number of unbranched alkanes of at least 4 members (excludes halogenated alkanes) is 26. The first-order valence-electron chi connectivity index (χ1n) is 29.8. The number of hydrogen-bond donors (Lipinski definition) is 2. The molecule has 0 rings (SSSR count). The molecule has 74 heavy (non-hydrogen) atoms. The van der Waals surface area contributed by atoms with Crippen LogP contribution < -0.4 is 0 Å². The lowest BCUT2D eigenvalue weighted by Gasteiger charge is -2.21. The summed E-state index contributed by atoms with van der Waals surface area (Å²) in [6.45, 7) is 4.52. The van der Waals surface area contributed by atoms with Gasteiger partial charge in [0.1, 0.15) is 12.7 Å². The molecule has 3 atom stereocenters. The second-order valence-corrected chi connectivity index (χ2v) is 21.3. The molecule has 0 aromatic rings. The first kappa shape index (κ1) is 70.9. The van der Waals surface area contributed by atoms with Crippen LogP contribution in [0.4, 0.5) is 0 Å². The molecule has 0 aliphatic heterocycles. The van der Waals surface area contributed by atoms with E-state index in [1.807, 2.05) is 0 Å². The van der Waals surface area contributed by atoms with Crippen LogP contribution in [-0.4, -0.2) is 66.5 Å². The maximum Gasteiger partial charge on any atom is 0.472 e. The highest BCUT2D eigenvalue weighted by Crippen LogP contribution is 2.43. The molecule has 12 heteroatoms. The van der Waals surface area contributed by atoms with E-state index in [2.05, 4.69) is 93.7 Å². The van der Waals surface area contributed by atoms with E-state index in [-0.39, 0.29) is 25.9 Å². The van der Waals surface area contributed by atoms with Gasteiger partial charge in [0.05, 0.1) is 19.8 Å². The van der Waals surface area contributed by atoms with Crippen molar-refractivity contribution < 1.29 is 52.2 Å². The quantitative estimate of drug-likeness (QED) is 0.0197. The molecule has 0 spiro atoms. The molecule has 3 unspecified atom stereocenters.